The second-order valence-corrected chi connectivity index (χ2v) is 8.23. The number of carbonyl (C=O) groups excluding carboxylic acids is 1. The van der Waals surface area contributed by atoms with Gasteiger partial charge in [0.05, 0.1) is 24.4 Å². The van der Waals surface area contributed by atoms with Crippen molar-refractivity contribution < 1.29 is 17.9 Å². The quantitative estimate of drug-likeness (QED) is 0.572. The number of rotatable bonds is 11. The van der Waals surface area contributed by atoms with Crippen LogP contribution in [0.4, 0.5) is 0 Å². The van der Waals surface area contributed by atoms with Gasteiger partial charge in [-0.05, 0) is 44.0 Å². The zero-order chi connectivity index (χ0) is 20.6. The van der Waals surface area contributed by atoms with E-state index >= 15 is 0 Å². The Morgan fingerprint density at radius 3 is 2.71 bits per heavy atom. The SMILES string of the molecule is CCOc1ccc(S(=O)(=O)N(CC)CC(=O)NCCCn2ccnc2)cc1C. The average molecular weight is 409 g/mol. The highest BCUT2D eigenvalue weighted by Gasteiger charge is 2.25. The van der Waals surface area contributed by atoms with Gasteiger partial charge in [-0.25, -0.2) is 13.4 Å². The van der Waals surface area contributed by atoms with E-state index in [9.17, 15) is 13.2 Å². The maximum absolute atomic E-state index is 12.9. The van der Waals surface area contributed by atoms with Crippen molar-refractivity contribution in [2.24, 2.45) is 0 Å². The second kappa shape index (κ2) is 10.2. The topological polar surface area (TPSA) is 93.5 Å². The lowest BCUT2D eigenvalue weighted by Crippen LogP contribution is -2.41. The van der Waals surface area contributed by atoms with Gasteiger partial charge in [-0.15, -0.1) is 0 Å². The summed E-state index contributed by atoms with van der Waals surface area (Å²) in [5.41, 5.74) is 0.739. The average Bonchev–Trinajstić information content (AvgIpc) is 3.18. The summed E-state index contributed by atoms with van der Waals surface area (Å²) in [6.45, 7) is 7.09. The van der Waals surface area contributed by atoms with E-state index < -0.39 is 10.0 Å². The first-order valence-corrected chi connectivity index (χ1v) is 10.8. The molecule has 0 unspecified atom stereocenters. The molecule has 9 heteroatoms. The third kappa shape index (κ3) is 5.80. The van der Waals surface area contributed by atoms with Gasteiger partial charge in [0.2, 0.25) is 15.9 Å². The van der Waals surface area contributed by atoms with Crippen LogP contribution in [0.1, 0.15) is 25.8 Å². The molecular formula is C19H28N4O4S. The number of hydrogen-bond donors (Lipinski definition) is 1. The molecule has 1 N–H and O–H groups in total. The molecule has 0 aliphatic carbocycles. The minimum atomic E-state index is -3.76. The number of carbonyl (C=O) groups is 1. The van der Waals surface area contributed by atoms with Gasteiger partial charge in [-0.2, -0.15) is 4.31 Å². The van der Waals surface area contributed by atoms with E-state index in [2.05, 4.69) is 10.3 Å². The van der Waals surface area contributed by atoms with Crippen LogP contribution in [0.2, 0.25) is 0 Å². The Morgan fingerprint density at radius 2 is 2.11 bits per heavy atom. The van der Waals surface area contributed by atoms with E-state index in [0.29, 0.717) is 18.9 Å². The largest absolute Gasteiger partial charge is 0.494 e. The fourth-order valence-electron chi connectivity index (χ4n) is 2.74. The summed E-state index contributed by atoms with van der Waals surface area (Å²) >= 11 is 0. The Kier molecular flexibility index (Phi) is 8.01. The van der Waals surface area contributed by atoms with Crippen LogP contribution in [0, 0.1) is 6.92 Å². The summed E-state index contributed by atoms with van der Waals surface area (Å²) in [7, 11) is -3.76. The number of nitrogens with one attached hydrogen (secondary N) is 1. The first-order chi connectivity index (χ1) is 13.4. The normalized spacial score (nSPS) is 11.6. The van der Waals surface area contributed by atoms with E-state index in [1.54, 1.807) is 38.5 Å². The fourth-order valence-corrected chi connectivity index (χ4v) is 4.23. The Balaban J connectivity index is 1.94. The number of sulfonamides is 1. The zero-order valence-corrected chi connectivity index (χ0v) is 17.4. The highest BCUT2D eigenvalue weighted by molar-refractivity contribution is 7.89. The van der Waals surface area contributed by atoms with Crippen LogP contribution in [0.25, 0.3) is 0 Å². The van der Waals surface area contributed by atoms with Gasteiger partial charge in [-0.1, -0.05) is 6.92 Å². The zero-order valence-electron chi connectivity index (χ0n) is 16.6. The number of aryl methyl sites for hydroxylation is 2. The summed E-state index contributed by atoms with van der Waals surface area (Å²) in [4.78, 5) is 16.3. The summed E-state index contributed by atoms with van der Waals surface area (Å²) in [5, 5.41) is 2.77. The lowest BCUT2D eigenvalue weighted by atomic mass is 10.2. The maximum Gasteiger partial charge on any atom is 0.243 e. The van der Waals surface area contributed by atoms with Crippen LogP contribution in [0.3, 0.4) is 0 Å². The minimum absolute atomic E-state index is 0.156. The van der Waals surface area contributed by atoms with E-state index in [4.69, 9.17) is 4.74 Å². The Hall–Kier alpha value is -2.39. The van der Waals surface area contributed by atoms with Crippen molar-refractivity contribution in [3.8, 4) is 5.75 Å². The third-order valence-corrected chi connectivity index (χ3v) is 6.15. The van der Waals surface area contributed by atoms with Gasteiger partial charge < -0.3 is 14.6 Å². The summed E-state index contributed by atoms with van der Waals surface area (Å²) in [6, 6.07) is 4.74. The molecule has 0 saturated carbocycles. The molecule has 0 radical (unpaired) electrons. The lowest BCUT2D eigenvalue weighted by molar-refractivity contribution is -0.121. The third-order valence-electron chi connectivity index (χ3n) is 4.23. The van der Waals surface area contributed by atoms with Crippen LogP contribution in [0.5, 0.6) is 5.75 Å². The molecule has 0 fully saturated rings. The van der Waals surface area contributed by atoms with E-state index in [-0.39, 0.29) is 23.9 Å². The molecule has 8 nitrogen and oxygen atoms in total. The van der Waals surface area contributed by atoms with Crippen molar-refractivity contribution in [3.63, 3.8) is 0 Å². The number of amides is 1. The molecule has 28 heavy (non-hydrogen) atoms. The van der Waals surface area contributed by atoms with Gasteiger partial charge in [0.15, 0.2) is 0 Å². The molecule has 0 saturated heterocycles. The van der Waals surface area contributed by atoms with Crippen molar-refractivity contribution in [2.75, 3.05) is 26.2 Å². The Morgan fingerprint density at radius 1 is 1.32 bits per heavy atom. The van der Waals surface area contributed by atoms with Crippen LogP contribution >= 0.6 is 0 Å². The van der Waals surface area contributed by atoms with Gasteiger partial charge in [0.25, 0.3) is 0 Å². The van der Waals surface area contributed by atoms with Crippen LogP contribution in [0.15, 0.2) is 41.8 Å². The number of nitrogens with zero attached hydrogens (tertiary/aromatic N) is 3. The molecule has 1 aromatic carbocycles. The van der Waals surface area contributed by atoms with E-state index in [0.717, 1.165) is 18.5 Å². The molecule has 0 aliphatic heterocycles. The number of likely N-dealkylation sites (N-methyl/N-ethyl adjacent to an activating group) is 1. The number of hydrogen-bond acceptors (Lipinski definition) is 5. The van der Waals surface area contributed by atoms with Crippen molar-refractivity contribution in [2.45, 2.75) is 38.6 Å². The molecule has 2 rings (SSSR count). The van der Waals surface area contributed by atoms with Gasteiger partial charge in [0, 0.05) is 32.0 Å². The molecule has 2 aromatic rings. The highest BCUT2D eigenvalue weighted by atomic mass is 32.2. The standard InChI is InChI=1S/C19H28N4O4S/c1-4-23(14-19(24)21-9-6-11-22-12-10-20-15-22)28(25,26)17-7-8-18(27-5-2)16(3)13-17/h7-8,10,12-13,15H,4-6,9,11,14H2,1-3H3,(H,21,24). The Labute approximate surface area is 166 Å². The van der Waals surface area contributed by atoms with Crippen molar-refractivity contribution in [1.29, 1.82) is 0 Å². The molecule has 1 amide bonds. The molecule has 0 atom stereocenters. The molecule has 0 bridgehead atoms. The van der Waals surface area contributed by atoms with E-state index in [1.165, 1.54) is 10.4 Å². The monoisotopic (exact) mass is 408 g/mol. The van der Waals surface area contributed by atoms with Crippen LogP contribution in [-0.2, 0) is 21.4 Å². The summed E-state index contributed by atoms with van der Waals surface area (Å²) < 4.78 is 34.4. The number of benzene rings is 1. The van der Waals surface area contributed by atoms with Crippen molar-refractivity contribution >= 4 is 15.9 Å². The van der Waals surface area contributed by atoms with Crippen LogP contribution < -0.4 is 10.1 Å². The number of aromatic nitrogens is 2. The lowest BCUT2D eigenvalue weighted by Gasteiger charge is -2.20. The number of ether oxygens (including phenoxy) is 1. The summed E-state index contributed by atoms with van der Waals surface area (Å²) in [5.74, 6) is 0.332. The van der Waals surface area contributed by atoms with Crippen LogP contribution in [-0.4, -0.2) is 54.4 Å². The van der Waals surface area contributed by atoms with Crippen molar-refractivity contribution in [3.05, 3.63) is 42.5 Å². The predicted molar refractivity (Wildman–Crippen MR) is 107 cm³/mol. The fraction of sp³-hybridized carbons (Fsp3) is 0.474. The van der Waals surface area contributed by atoms with E-state index in [1.807, 2.05) is 17.7 Å². The number of imidazole rings is 1. The van der Waals surface area contributed by atoms with Gasteiger partial charge >= 0.3 is 0 Å². The maximum atomic E-state index is 12.9. The smallest absolute Gasteiger partial charge is 0.243 e. The van der Waals surface area contributed by atoms with Gasteiger partial charge in [-0.3, -0.25) is 4.79 Å². The van der Waals surface area contributed by atoms with Crippen molar-refractivity contribution in [1.82, 2.24) is 19.2 Å². The Bertz CT molecular complexity index is 866. The molecule has 154 valence electrons. The van der Waals surface area contributed by atoms with Gasteiger partial charge in [0.1, 0.15) is 5.75 Å². The summed E-state index contributed by atoms with van der Waals surface area (Å²) in [6.07, 6.45) is 6.00. The first kappa shape index (κ1) is 21.9. The first-order valence-electron chi connectivity index (χ1n) is 9.34. The second-order valence-electron chi connectivity index (χ2n) is 6.30. The predicted octanol–water partition coefficient (Wildman–Crippen LogP) is 1.81. The molecule has 1 aromatic heterocycles. The molecule has 1 heterocycles. The highest BCUT2D eigenvalue weighted by Crippen LogP contribution is 2.24. The molecule has 0 spiro atoms. The molecular weight excluding hydrogens is 380 g/mol. The minimum Gasteiger partial charge on any atom is -0.494 e. The molecule has 0 aliphatic rings.